The second-order valence-electron chi connectivity index (χ2n) is 5.53. The minimum atomic E-state index is -2.89. The third-order valence-corrected chi connectivity index (χ3v) is 2.95. The van der Waals surface area contributed by atoms with Crippen molar-refractivity contribution in [3.05, 3.63) is 29.8 Å². The molecule has 22 heavy (non-hydrogen) atoms. The number of carboxylic acids is 1. The fraction of sp³-hybridized carbons (Fsp3) is 0.467. The molecule has 1 aromatic carbocycles. The summed E-state index contributed by atoms with van der Waals surface area (Å²) in [4.78, 5) is 22.5. The summed E-state index contributed by atoms with van der Waals surface area (Å²) in [6, 6.07) is 5.79. The van der Waals surface area contributed by atoms with Crippen LogP contribution in [0.4, 0.5) is 8.78 Å². The zero-order valence-corrected chi connectivity index (χ0v) is 12.4. The Kier molecular flexibility index (Phi) is 6.27. The van der Waals surface area contributed by atoms with Gasteiger partial charge in [0.25, 0.3) is 0 Å². The Morgan fingerprint density at radius 1 is 1.27 bits per heavy atom. The molecule has 1 rings (SSSR count). The Bertz CT molecular complexity index is 515. The van der Waals surface area contributed by atoms with Crippen molar-refractivity contribution in [1.29, 1.82) is 0 Å². The molecule has 2 N–H and O–H groups in total. The lowest BCUT2D eigenvalue weighted by Gasteiger charge is -2.25. The lowest BCUT2D eigenvalue weighted by molar-refractivity contribution is -0.137. The van der Waals surface area contributed by atoms with Crippen LogP contribution in [0, 0.1) is 0 Å². The number of benzene rings is 1. The van der Waals surface area contributed by atoms with Gasteiger partial charge in [0.1, 0.15) is 5.75 Å². The van der Waals surface area contributed by atoms with Crippen LogP contribution < -0.4 is 10.1 Å². The van der Waals surface area contributed by atoms with Crippen molar-refractivity contribution in [2.75, 3.05) is 0 Å². The Morgan fingerprint density at radius 3 is 2.36 bits per heavy atom. The fourth-order valence-electron chi connectivity index (χ4n) is 1.88. The smallest absolute Gasteiger partial charge is 0.387 e. The standard InChI is InChI=1S/C15H19F2NO4/c1-15(2,8-7-13(20)21)18-12(19)9-10-3-5-11(6-4-10)22-14(16)17/h3-6,14H,7-9H2,1-2H3,(H,18,19)(H,20,21). The molecule has 0 aromatic heterocycles. The molecule has 0 aliphatic heterocycles. The van der Waals surface area contributed by atoms with Crippen LogP contribution >= 0.6 is 0 Å². The Hall–Kier alpha value is -2.18. The predicted octanol–water partition coefficient (Wildman–Crippen LogP) is 2.59. The molecule has 0 saturated carbocycles. The lowest BCUT2D eigenvalue weighted by atomic mass is 9.98. The average molecular weight is 315 g/mol. The van der Waals surface area contributed by atoms with E-state index in [2.05, 4.69) is 10.1 Å². The summed E-state index contributed by atoms with van der Waals surface area (Å²) in [5.74, 6) is -1.16. The Morgan fingerprint density at radius 2 is 1.86 bits per heavy atom. The highest BCUT2D eigenvalue weighted by atomic mass is 19.3. The maximum Gasteiger partial charge on any atom is 0.387 e. The van der Waals surface area contributed by atoms with E-state index in [0.29, 0.717) is 12.0 Å². The molecule has 1 amide bonds. The summed E-state index contributed by atoms with van der Waals surface area (Å²) in [7, 11) is 0. The summed E-state index contributed by atoms with van der Waals surface area (Å²) < 4.78 is 28.3. The predicted molar refractivity (Wildman–Crippen MR) is 75.9 cm³/mol. The molecule has 0 aliphatic rings. The van der Waals surface area contributed by atoms with Crippen molar-refractivity contribution >= 4 is 11.9 Å². The first-order valence-corrected chi connectivity index (χ1v) is 6.74. The lowest BCUT2D eigenvalue weighted by Crippen LogP contribution is -2.44. The molecular formula is C15H19F2NO4. The van der Waals surface area contributed by atoms with Crippen molar-refractivity contribution in [3.63, 3.8) is 0 Å². The minimum Gasteiger partial charge on any atom is -0.481 e. The van der Waals surface area contributed by atoms with Crippen molar-refractivity contribution in [3.8, 4) is 5.75 Å². The Labute approximate surface area is 127 Å². The van der Waals surface area contributed by atoms with Gasteiger partial charge in [-0.1, -0.05) is 12.1 Å². The van der Waals surface area contributed by atoms with Gasteiger partial charge in [-0.2, -0.15) is 8.78 Å². The van der Waals surface area contributed by atoms with Crippen LogP contribution in [-0.4, -0.2) is 29.1 Å². The Balaban J connectivity index is 2.52. The number of hydrogen-bond acceptors (Lipinski definition) is 3. The van der Waals surface area contributed by atoms with E-state index in [0.717, 1.165) is 0 Å². The molecule has 1 aromatic rings. The van der Waals surface area contributed by atoms with Crippen LogP contribution in [0.5, 0.6) is 5.75 Å². The van der Waals surface area contributed by atoms with E-state index in [4.69, 9.17) is 5.11 Å². The van der Waals surface area contributed by atoms with Crippen molar-refractivity contribution in [2.45, 2.75) is 45.3 Å². The van der Waals surface area contributed by atoms with Crippen molar-refractivity contribution < 1.29 is 28.2 Å². The molecule has 0 aliphatic carbocycles. The molecule has 0 spiro atoms. The fourth-order valence-corrected chi connectivity index (χ4v) is 1.88. The van der Waals surface area contributed by atoms with Gasteiger partial charge in [-0.05, 0) is 38.0 Å². The maximum absolute atomic E-state index is 12.0. The number of hydrogen-bond donors (Lipinski definition) is 2. The molecule has 0 bridgehead atoms. The van der Waals surface area contributed by atoms with E-state index in [1.165, 1.54) is 24.3 Å². The summed E-state index contributed by atoms with van der Waals surface area (Å²) in [6.45, 7) is 0.602. The monoisotopic (exact) mass is 315 g/mol. The average Bonchev–Trinajstić information content (AvgIpc) is 2.37. The molecule has 122 valence electrons. The number of nitrogens with one attached hydrogen (secondary N) is 1. The van der Waals surface area contributed by atoms with E-state index in [-0.39, 0.29) is 24.5 Å². The number of alkyl halides is 2. The van der Waals surface area contributed by atoms with Crippen LogP contribution in [0.25, 0.3) is 0 Å². The number of rotatable bonds is 8. The highest BCUT2D eigenvalue weighted by Crippen LogP contribution is 2.16. The summed E-state index contributed by atoms with van der Waals surface area (Å²) >= 11 is 0. The van der Waals surface area contributed by atoms with Gasteiger partial charge in [0.15, 0.2) is 0 Å². The van der Waals surface area contributed by atoms with E-state index >= 15 is 0 Å². The van der Waals surface area contributed by atoms with Gasteiger partial charge in [-0.25, -0.2) is 0 Å². The third-order valence-electron chi connectivity index (χ3n) is 2.95. The number of carbonyl (C=O) groups excluding carboxylic acids is 1. The zero-order valence-electron chi connectivity index (χ0n) is 12.4. The molecule has 7 heteroatoms. The van der Waals surface area contributed by atoms with Gasteiger partial charge in [0.2, 0.25) is 5.91 Å². The van der Waals surface area contributed by atoms with Gasteiger partial charge in [0, 0.05) is 12.0 Å². The quantitative estimate of drug-likeness (QED) is 0.773. The van der Waals surface area contributed by atoms with E-state index < -0.39 is 18.1 Å². The number of carbonyl (C=O) groups is 2. The molecule has 0 unspecified atom stereocenters. The third kappa shape index (κ3) is 7.01. The second kappa shape index (κ2) is 7.72. The van der Waals surface area contributed by atoms with Gasteiger partial charge >= 0.3 is 12.6 Å². The maximum atomic E-state index is 12.0. The van der Waals surface area contributed by atoms with E-state index in [1.807, 2.05) is 0 Å². The van der Waals surface area contributed by atoms with Gasteiger partial charge in [0.05, 0.1) is 6.42 Å². The first-order valence-electron chi connectivity index (χ1n) is 6.74. The van der Waals surface area contributed by atoms with Gasteiger partial charge < -0.3 is 15.2 Å². The molecule has 0 fully saturated rings. The molecular weight excluding hydrogens is 296 g/mol. The number of amides is 1. The molecule has 0 saturated heterocycles. The topological polar surface area (TPSA) is 75.6 Å². The van der Waals surface area contributed by atoms with Crippen LogP contribution in [0.3, 0.4) is 0 Å². The number of aliphatic carboxylic acids is 1. The summed E-state index contributed by atoms with van der Waals surface area (Å²) in [6.07, 6.45) is 0.355. The van der Waals surface area contributed by atoms with E-state index in [9.17, 15) is 18.4 Å². The first kappa shape index (κ1) is 17.9. The number of halogens is 2. The second-order valence-corrected chi connectivity index (χ2v) is 5.53. The first-order chi connectivity index (χ1) is 10.2. The summed E-state index contributed by atoms with van der Waals surface area (Å²) in [5.41, 5.74) is 0.0157. The summed E-state index contributed by atoms with van der Waals surface area (Å²) in [5, 5.41) is 11.4. The number of carboxylic acid groups (broad SMARTS) is 1. The van der Waals surface area contributed by atoms with Crippen LogP contribution in [0.2, 0.25) is 0 Å². The van der Waals surface area contributed by atoms with Gasteiger partial charge in [-0.15, -0.1) is 0 Å². The van der Waals surface area contributed by atoms with Crippen LogP contribution in [0.1, 0.15) is 32.3 Å². The molecule has 0 radical (unpaired) electrons. The van der Waals surface area contributed by atoms with Gasteiger partial charge in [-0.3, -0.25) is 9.59 Å². The molecule has 5 nitrogen and oxygen atoms in total. The van der Waals surface area contributed by atoms with Crippen LogP contribution in [0.15, 0.2) is 24.3 Å². The SMILES string of the molecule is CC(C)(CCC(=O)O)NC(=O)Cc1ccc(OC(F)F)cc1. The zero-order chi connectivity index (χ0) is 16.8. The molecule has 0 heterocycles. The normalized spacial score (nSPS) is 11.3. The largest absolute Gasteiger partial charge is 0.481 e. The molecule has 0 atom stereocenters. The van der Waals surface area contributed by atoms with E-state index in [1.54, 1.807) is 13.8 Å². The minimum absolute atomic E-state index is 0.0287. The van der Waals surface area contributed by atoms with Crippen molar-refractivity contribution in [2.24, 2.45) is 0 Å². The van der Waals surface area contributed by atoms with Crippen LogP contribution in [-0.2, 0) is 16.0 Å². The highest BCUT2D eigenvalue weighted by Gasteiger charge is 2.21. The number of ether oxygens (including phenoxy) is 1. The highest BCUT2D eigenvalue weighted by molar-refractivity contribution is 5.79. The van der Waals surface area contributed by atoms with Crippen molar-refractivity contribution in [1.82, 2.24) is 5.32 Å².